The van der Waals surface area contributed by atoms with Crippen LogP contribution in [0.1, 0.15) is 23.6 Å². The van der Waals surface area contributed by atoms with Gasteiger partial charge in [-0.05, 0) is 55.2 Å². The predicted octanol–water partition coefficient (Wildman–Crippen LogP) is 6.87. The summed E-state index contributed by atoms with van der Waals surface area (Å²) in [5.74, 6) is 2.03. The molecule has 5 rings (SSSR count). The van der Waals surface area contributed by atoms with Crippen molar-refractivity contribution in [3.05, 3.63) is 77.4 Å². The number of thiazole rings is 1. The summed E-state index contributed by atoms with van der Waals surface area (Å²) in [4.78, 5) is 22.3. The van der Waals surface area contributed by atoms with Crippen LogP contribution in [0.5, 0.6) is 17.2 Å². The molecular formula is C32H32N6O5S. The highest BCUT2D eigenvalue weighted by Crippen LogP contribution is 2.42. The molecule has 5 aromatic rings. The maximum absolute atomic E-state index is 12.8. The Morgan fingerprint density at radius 2 is 1.66 bits per heavy atom. The lowest BCUT2D eigenvalue weighted by molar-refractivity contribution is -0.111. The molecular weight excluding hydrogens is 580 g/mol. The number of methoxy groups -OCH3 is 3. The van der Waals surface area contributed by atoms with Gasteiger partial charge in [-0.25, -0.2) is 4.98 Å². The number of nitrogens with two attached hydrogens (primary N) is 1. The van der Waals surface area contributed by atoms with Crippen molar-refractivity contribution in [1.82, 2.24) is 15.1 Å². The molecule has 3 aromatic carbocycles. The minimum absolute atomic E-state index is 0.221. The number of carbonyl (C=O) groups excluding carboxylic acids is 1. The van der Waals surface area contributed by atoms with Gasteiger partial charge in [-0.1, -0.05) is 46.8 Å². The second kappa shape index (κ2) is 12.9. The van der Waals surface area contributed by atoms with Gasteiger partial charge in [0.25, 0.3) is 5.89 Å². The number of hydrogen-bond acceptors (Lipinski definition) is 11. The fourth-order valence-electron chi connectivity index (χ4n) is 4.65. The smallest absolute Gasteiger partial charge is 0.272 e. The Morgan fingerprint density at radius 1 is 0.932 bits per heavy atom. The average molecular weight is 613 g/mol. The quantitative estimate of drug-likeness (QED) is 0.143. The number of hydrogen-bond donors (Lipinski definition) is 3. The van der Waals surface area contributed by atoms with Crippen molar-refractivity contribution < 1.29 is 23.5 Å². The second-order valence-electron chi connectivity index (χ2n) is 9.86. The van der Waals surface area contributed by atoms with Crippen LogP contribution >= 0.6 is 11.3 Å². The van der Waals surface area contributed by atoms with Crippen LogP contribution in [0, 0.1) is 13.8 Å². The maximum atomic E-state index is 12.8. The molecule has 0 saturated carbocycles. The number of aryl methyl sites for hydroxylation is 2. The monoisotopic (exact) mass is 612 g/mol. The fraction of sp³-hybridized carbons (Fsp3) is 0.188. The minimum atomic E-state index is -0.237. The highest BCUT2D eigenvalue weighted by atomic mass is 32.1. The molecule has 226 valence electrons. The average Bonchev–Trinajstić information content (AvgIpc) is 3.64. The molecule has 11 nitrogen and oxygen atoms in total. The summed E-state index contributed by atoms with van der Waals surface area (Å²) >= 11 is 1.25. The first-order valence-electron chi connectivity index (χ1n) is 13.5. The Bertz CT molecular complexity index is 1840. The van der Waals surface area contributed by atoms with Gasteiger partial charge in [0.1, 0.15) is 10.7 Å². The zero-order valence-corrected chi connectivity index (χ0v) is 26.0. The van der Waals surface area contributed by atoms with Crippen LogP contribution in [0.4, 0.5) is 22.3 Å². The van der Waals surface area contributed by atoms with Crippen LogP contribution in [0.3, 0.4) is 0 Å². The van der Waals surface area contributed by atoms with Crippen molar-refractivity contribution in [1.29, 1.82) is 0 Å². The van der Waals surface area contributed by atoms with E-state index in [-0.39, 0.29) is 17.6 Å². The number of nitrogens with one attached hydrogen (secondary N) is 2. The van der Waals surface area contributed by atoms with Crippen LogP contribution in [-0.4, -0.2) is 42.4 Å². The van der Waals surface area contributed by atoms with Gasteiger partial charge in [0.05, 0.1) is 21.3 Å². The topological polar surface area (TPSA) is 147 Å². The number of ether oxygens (including phenoxy) is 3. The molecule has 0 aliphatic carbocycles. The number of benzene rings is 3. The molecule has 0 spiro atoms. The van der Waals surface area contributed by atoms with Crippen molar-refractivity contribution in [3.63, 3.8) is 0 Å². The second-order valence-corrected chi connectivity index (χ2v) is 10.9. The van der Waals surface area contributed by atoms with Gasteiger partial charge in [-0.2, -0.15) is 4.98 Å². The minimum Gasteiger partial charge on any atom is -0.493 e. The number of nitrogen functional groups attached to an aromatic ring is 1. The lowest BCUT2D eigenvalue weighted by Crippen LogP contribution is -2.09. The van der Waals surface area contributed by atoms with E-state index in [1.165, 1.54) is 11.3 Å². The van der Waals surface area contributed by atoms with Crippen LogP contribution in [0.25, 0.3) is 27.7 Å². The number of amides is 1. The molecule has 2 heterocycles. The predicted molar refractivity (Wildman–Crippen MR) is 173 cm³/mol. The van der Waals surface area contributed by atoms with Crippen LogP contribution in [0.2, 0.25) is 0 Å². The Labute approximate surface area is 258 Å². The standard InChI is InChI=1S/C32H32N6O5S/c1-17-9-7-8-10-22(17)19(3)13-26(39)34-20-12-11-18(2)23(14-20)30-37-31(43-38-30)28-29(33)36-32(44-28)35-21-15-24(40-4)27(42-6)25(16-21)41-5/h7-16H,33H2,1-6H3,(H,34,39)(H,35,36)/b19-13+. The van der Waals surface area contributed by atoms with Gasteiger partial charge >= 0.3 is 0 Å². The molecule has 12 heteroatoms. The molecule has 0 saturated heterocycles. The van der Waals surface area contributed by atoms with Gasteiger partial charge in [0.15, 0.2) is 16.6 Å². The fourth-order valence-corrected chi connectivity index (χ4v) is 5.48. The molecule has 0 fully saturated rings. The highest BCUT2D eigenvalue weighted by Gasteiger charge is 2.20. The normalized spacial score (nSPS) is 11.3. The SMILES string of the molecule is COc1cc(Nc2nc(N)c(-c3nc(-c4cc(NC(=O)/C=C(\C)c5ccccc5C)ccc4C)no3)s2)cc(OC)c1OC. The number of aromatic nitrogens is 3. The van der Waals surface area contributed by atoms with Crippen LogP contribution in [-0.2, 0) is 4.79 Å². The Hall–Kier alpha value is -5.36. The molecule has 2 aromatic heterocycles. The van der Waals surface area contributed by atoms with E-state index in [4.69, 9.17) is 24.5 Å². The molecule has 0 radical (unpaired) electrons. The molecule has 0 bridgehead atoms. The summed E-state index contributed by atoms with van der Waals surface area (Å²) in [6, 6.07) is 17.0. The summed E-state index contributed by atoms with van der Waals surface area (Å²) in [5, 5.41) is 10.8. The molecule has 0 atom stereocenters. The number of rotatable bonds is 10. The van der Waals surface area contributed by atoms with E-state index >= 15 is 0 Å². The first kappa shape index (κ1) is 30.1. The molecule has 1 amide bonds. The third kappa shape index (κ3) is 6.35. The van der Waals surface area contributed by atoms with Crippen molar-refractivity contribution in [2.24, 2.45) is 0 Å². The van der Waals surface area contributed by atoms with Crippen molar-refractivity contribution in [3.8, 4) is 39.4 Å². The number of allylic oxidation sites excluding steroid dienone is 1. The van der Waals surface area contributed by atoms with E-state index in [9.17, 15) is 4.79 Å². The van der Waals surface area contributed by atoms with Crippen LogP contribution < -0.4 is 30.6 Å². The third-order valence-corrected chi connectivity index (χ3v) is 7.83. The van der Waals surface area contributed by atoms with E-state index < -0.39 is 0 Å². The number of nitrogens with zero attached hydrogens (tertiary/aromatic N) is 3. The summed E-state index contributed by atoms with van der Waals surface area (Å²) in [5.41, 5.74) is 12.1. The van der Waals surface area contributed by atoms with E-state index in [2.05, 4.69) is 25.8 Å². The lowest BCUT2D eigenvalue weighted by Gasteiger charge is -2.14. The van der Waals surface area contributed by atoms with Crippen molar-refractivity contribution in [2.75, 3.05) is 37.7 Å². The van der Waals surface area contributed by atoms with Gasteiger partial charge in [-0.3, -0.25) is 4.79 Å². The molecule has 0 unspecified atom stereocenters. The van der Waals surface area contributed by atoms with Gasteiger partial charge in [0, 0.05) is 35.1 Å². The maximum Gasteiger partial charge on any atom is 0.272 e. The van der Waals surface area contributed by atoms with E-state index in [1.807, 2.05) is 63.2 Å². The summed E-state index contributed by atoms with van der Waals surface area (Å²) in [6.45, 7) is 5.86. The zero-order chi connectivity index (χ0) is 31.4. The molecule has 4 N–H and O–H groups in total. The Balaban J connectivity index is 1.35. The summed E-state index contributed by atoms with van der Waals surface area (Å²) < 4.78 is 21.8. The van der Waals surface area contributed by atoms with Gasteiger partial charge in [0.2, 0.25) is 17.5 Å². The zero-order valence-electron chi connectivity index (χ0n) is 25.1. The summed E-state index contributed by atoms with van der Waals surface area (Å²) in [6.07, 6.45) is 1.59. The first-order valence-corrected chi connectivity index (χ1v) is 14.4. The molecule has 44 heavy (non-hydrogen) atoms. The van der Waals surface area contributed by atoms with Crippen molar-refractivity contribution in [2.45, 2.75) is 20.8 Å². The third-order valence-electron chi connectivity index (χ3n) is 6.85. The summed E-state index contributed by atoms with van der Waals surface area (Å²) in [7, 11) is 4.63. The Morgan fingerprint density at radius 3 is 2.34 bits per heavy atom. The first-order chi connectivity index (χ1) is 21.2. The largest absolute Gasteiger partial charge is 0.493 e. The molecule has 0 aliphatic rings. The Kier molecular flexibility index (Phi) is 8.81. The van der Waals surface area contributed by atoms with Crippen molar-refractivity contribution >= 4 is 45.1 Å². The van der Waals surface area contributed by atoms with Gasteiger partial charge in [-0.15, -0.1) is 0 Å². The van der Waals surface area contributed by atoms with Gasteiger partial charge < -0.3 is 35.1 Å². The number of anilines is 4. The van der Waals surface area contributed by atoms with E-state index in [0.717, 1.165) is 22.3 Å². The van der Waals surface area contributed by atoms with Crippen LogP contribution in [0.15, 0.2) is 65.2 Å². The lowest BCUT2D eigenvalue weighted by atomic mass is 10.0. The highest BCUT2D eigenvalue weighted by molar-refractivity contribution is 7.19. The molecule has 0 aliphatic heterocycles. The van der Waals surface area contributed by atoms with E-state index in [0.29, 0.717) is 50.0 Å². The van der Waals surface area contributed by atoms with E-state index in [1.54, 1.807) is 39.5 Å². The number of carbonyl (C=O) groups is 1.